The summed E-state index contributed by atoms with van der Waals surface area (Å²) < 4.78 is 0. The van der Waals surface area contributed by atoms with Crippen LogP contribution in [0.1, 0.15) is 21.5 Å². The van der Waals surface area contributed by atoms with Crippen molar-refractivity contribution in [2.24, 2.45) is 0 Å². The number of urea groups is 1. The number of rotatable bonds is 8. The first-order chi connectivity index (χ1) is 12.9. The van der Waals surface area contributed by atoms with Crippen molar-refractivity contribution in [3.05, 3.63) is 70.2 Å². The minimum absolute atomic E-state index is 0.120. The molecule has 0 unspecified atom stereocenters. The van der Waals surface area contributed by atoms with Crippen molar-refractivity contribution in [1.82, 2.24) is 20.9 Å². The molecule has 0 fully saturated rings. The Morgan fingerprint density at radius 2 is 1.59 bits per heavy atom. The Kier molecular flexibility index (Phi) is 8.10. The van der Waals surface area contributed by atoms with Crippen molar-refractivity contribution in [2.75, 3.05) is 27.2 Å². The quantitative estimate of drug-likeness (QED) is 0.650. The lowest BCUT2D eigenvalue weighted by atomic mass is 10.1. The van der Waals surface area contributed by atoms with Crippen molar-refractivity contribution in [3.8, 4) is 0 Å². The summed E-state index contributed by atoms with van der Waals surface area (Å²) in [5.74, 6) is -0.120. The molecule has 0 radical (unpaired) electrons. The number of carbonyl (C=O) groups excluding carboxylic acids is 2. The molecule has 0 aliphatic rings. The van der Waals surface area contributed by atoms with Crippen LogP contribution in [0.25, 0.3) is 0 Å². The Balaban J connectivity index is 1.78. The predicted molar refractivity (Wildman–Crippen MR) is 108 cm³/mol. The molecular weight excluding hydrogens is 364 g/mol. The number of hydrogen-bond donors (Lipinski definition) is 3. The zero-order valence-corrected chi connectivity index (χ0v) is 16.3. The molecule has 144 valence electrons. The van der Waals surface area contributed by atoms with E-state index in [1.807, 2.05) is 43.3 Å². The summed E-state index contributed by atoms with van der Waals surface area (Å²) in [6, 6.07) is 14.2. The monoisotopic (exact) mass is 388 g/mol. The Bertz CT molecular complexity index is 763. The van der Waals surface area contributed by atoms with Crippen molar-refractivity contribution in [3.63, 3.8) is 0 Å². The molecule has 2 aromatic rings. The standard InChI is InChI=1S/C20H25ClN4O2/c1-25(2)11-10-22-19(26)17-5-3-4-16(12-17)14-24-20(27)23-13-15-6-8-18(21)9-7-15/h3-9,12H,10-11,13-14H2,1-2H3,(H,22,26)(H2,23,24,27). The molecule has 0 saturated heterocycles. The summed E-state index contributed by atoms with van der Waals surface area (Å²) in [5.41, 5.74) is 2.40. The third-order valence-corrected chi connectivity index (χ3v) is 4.11. The first kappa shape index (κ1) is 20.7. The molecule has 0 spiro atoms. The third-order valence-electron chi connectivity index (χ3n) is 3.85. The molecule has 3 amide bonds. The molecule has 3 N–H and O–H groups in total. The van der Waals surface area contributed by atoms with Crippen LogP contribution < -0.4 is 16.0 Å². The van der Waals surface area contributed by atoms with Gasteiger partial charge in [-0.2, -0.15) is 0 Å². The number of hydrogen-bond acceptors (Lipinski definition) is 3. The van der Waals surface area contributed by atoms with Crippen molar-refractivity contribution >= 4 is 23.5 Å². The van der Waals surface area contributed by atoms with Gasteiger partial charge in [0.15, 0.2) is 0 Å². The van der Waals surface area contributed by atoms with Crippen LogP contribution in [0, 0.1) is 0 Å². The fraction of sp³-hybridized carbons (Fsp3) is 0.300. The fourth-order valence-electron chi connectivity index (χ4n) is 2.35. The van der Waals surface area contributed by atoms with E-state index in [2.05, 4.69) is 16.0 Å². The van der Waals surface area contributed by atoms with Crippen LogP contribution >= 0.6 is 11.6 Å². The Morgan fingerprint density at radius 1 is 0.926 bits per heavy atom. The fourth-order valence-corrected chi connectivity index (χ4v) is 2.47. The van der Waals surface area contributed by atoms with E-state index in [0.29, 0.717) is 30.2 Å². The molecule has 27 heavy (non-hydrogen) atoms. The maximum Gasteiger partial charge on any atom is 0.315 e. The lowest BCUT2D eigenvalue weighted by Gasteiger charge is -2.11. The van der Waals surface area contributed by atoms with E-state index in [4.69, 9.17) is 11.6 Å². The number of nitrogens with one attached hydrogen (secondary N) is 3. The van der Waals surface area contributed by atoms with Gasteiger partial charge in [-0.15, -0.1) is 0 Å². The lowest BCUT2D eigenvalue weighted by molar-refractivity contribution is 0.0951. The second-order valence-corrected chi connectivity index (χ2v) is 6.86. The van der Waals surface area contributed by atoms with Crippen LogP contribution in [-0.4, -0.2) is 44.0 Å². The molecule has 0 atom stereocenters. The van der Waals surface area contributed by atoms with Gasteiger partial charge in [-0.1, -0.05) is 35.9 Å². The summed E-state index contributed by atoms with van der Waals surface area (Å²) in [6.45, 7) is 2.12. The molecule has 0 heterocycles. The molecule has 6 nitrogen and oxygen atoms in total. The lowest BCUT2D eigenvalue weighted by Crippen LogP contribution is -2.34. The smallest absolute Gasteiger partial charge is 0.315 e. The van der Waals surface area contributed by atoms with Crippen LogP contribution in [-0.2, 0) is 13.1 Å². The van der Waals surface area contributed by atoms with Gasteiger partial charge in [0.2, 0.25) is 0 Å². The van der Waals surface area contributed by atoms with Gasteiger partial charge < -0.3 is 20.9 Å². The average molecular weight is 389 g/mol. The summed E-state index contributed by atoms with van der Waals surface area (Å²) in [7, 11) is 3.91. The van der Waals surface area contributed by atoms with Crippen molar-refractivity contribution < 1.29 is 9.59 Å². The summed E-state index contributed by atoms with van der Waals surface area (Å²) >= 11 is 5.84. The molecule has 0 bridgehead atoms. The van der Waals surface area contributed by atoms with E-state index in [-0.39, 0.29) is 11.9 Å². The van der Waals surface area contributed by atoms with Crippen LogP contribution in [0.2, 0.25) is 5.02 Å². The maximum atomic E-state index is 12.2. The molecule has 0 aliphatic carbocycles. The number of likely N-dealkylation sites (N-methyl/N-ethyl adjacent to an activating group) is 1. The molecule has 0 aliphatic heterocycles. The summed E-state index contributed by atoms with van der Waals surface area (Å²) in [5, 5.41) is 9.11. The minimum atomic E-state index is -0.272. The van der Waals surface area contributed by atoms with E-state index < -0.39 is 0 Å². The first-order valence-corrected chi connectivity index (χ1v) is 9.10. The van der Waals surface area contributed by atoms with Gasteiger partial charge in [-0.25, -0.2) is 4.79 Å². The zero-order valence-electron chi connectivity index (χ0n) is 15.6. The van der Waals surface area contributed by atoms with Gasteiger partial charge in [0.05, 0.1) is 0 Å². The normalized spacial score (nSPS) is 10.5. The van der Waals surface area contributed by atoms with Gasteiger partial charge in [0.25, 0.3) is 5.91 Å². The summed E-state index contributed by atoms with van der Waals surface area (Å²) in [6.07, 6.45) is 0. The van der Waals surface area contributed by atoms with Crippen LogP contribution in [0.5, 0.6) is 0 Å². The number of benzene rings is 2. The SMILES string of the molecule is CN(C)CCNC(=O)c1cccc(CNC(=O)NCc2ccc(Cl)cc2)c1. The van der Waals surface area contributed by atoms with E-state index >= 15 is 0 Å². The van der Waals surface area contributed by atoms with Gasteiger partial charge in [0, 0.05) is 36.8 Å². The van der Waals surface area contributed by atoms with Crippen LogP contribution in [0.15, 0.2) is 48.5 Å². The number of nitrogens with zero attached hydrogens (tertiary/aromatic N) is 1. The highest BCUT2D eigenvalue weighted by molar-refractivity contribution is 6.30. The number of amides is 3. The molecule has 0 saturated carbocycles. The topological polar surface area (TPSA) is 73.5 Å². The Labute approximate surface area is 164 Å². The van der Waals surface area contributed by atoms with Crippen LogP contribution in [0.3, 0.4) is 0 Å². The highest BCUT2D eigenvalue weighted by Gasteiger charge is 2.07. The number of carbonyl (C=O) groups is 2. The molecule has 0 aromatic heterocycles. The average Bonchev–Trinajstić information content (AvgIpc) is 2.65. The van der Waals surface area contributed by atoms with E-state index in [1.165, 1.54) is 0 Å². The van der Waals surface area contributed by atoms with E-state index in [1.54, 1.807) is 24.3 Å². The predicted octanol–water partition coefficient (Wildman–Crippen LogP) is 2.63. The maximum absolute atomic E-state index is 12.2. The third kappa shape index (κ3) is 7.68. The highest BCUT2D eigenvalue weighted by atomic mass is 35.5. The number of halogens is 1. The summed E-state index contributed by atoms with van der Waals surface area (Å²) in [4.78, 5) is 26.1. The van der Waals surface area contributed by atoms with Gasteiger partial charge in [-0.3, -0.25) is 4.79 Å². The van der Waals surface area contributed by atoms with Gasteiger partial charge in [-0.05, 0) is 49.5 Å². The van der Waals surface area contributed by atoms with Gasteiger partial charge in [0.1, 0.15) is 0 Å². The molecule has 7 heteroatoms. The van der Waals surface area contributed by atoms with Gasteiger partial charge >= 0.3 is 6.03 Å². The molecule has 2 aromatic carbocycles. The second kappa shape index (κ2) is 10.5. The van der Waals surface area contributed by atoms with E-state index in [9.17, 15) is 9.59 Å². The molecular formula is C20H25ClN4O2. The second-order valence-electron chi connectivity index (χ2n) is 6.42. The van der Waals surface area contributed by atoms with Crippen LogP contribution in [0.4, 0.5) is 4.79 Å². The van der Waals surface area contributed by atoms with E-state index in [0.717, 1.165) is 17.7 Å². The molecule has 2 rings (SSSR count). The van der Waals surface area contributed by atoms with Crippen molar-refractivity contribution in [1.29, 1.82) is 0 Å². The first-order valence-electron chi connectivity index (χ1n) is 8.72. The Hall–Kier alpha value is -2.57. The van der Waals surface area contributed by atoms with Crippen molar-refractivity contribution in [2.45, 2.75) is 13.1 Å². The highest BCUT2D eigenvalue weighted by Crippen LogP contribution is 2.09. The Morgan fingerprint density at radius 3 is 2.26 bits per heavy atom. The minimum Gasteiger partial charge on any atom is -0.351 e. The zero-order chi connectivity index (χ0) is 19.6. The largest absolute Gasteiger partial charge is 0.351 e.